The van der Waals surface area contributed by atoms with Crippen molar-refractivity contribution in [3.8, 4) is 0 Å². The number of nitrogens with two attached hydrogens (primary N) is 1. The van der Waals surface area contributed by atoms with Crippen molar-refractivity contribution < 1.29 is 0 Å². The lowest BCUT2D eigenvalue weighted by atomic mass is 10.0. The summed E-state index contributed by atoms with van der Waals surface area (Å²) < 4.78 is 0. The number of rotatable bonds is 7. The van der Waals surface area contributed by atoms with Crippen LogP contribution >= 0.6 is 0 Å². The molecule has 0 aliphatic carbocycles. The number of nitrogens with zero attached hydrogens (tertiary/aromatic N) is 5. The molecule has 0 saturated carbocycles. The fourth-order valence-electron chi connectivity index (χ4n) is 4.89. The number of nitrogens with one attached hydrogen (secondary N) is 2. The van der Waals surface area contributed by atoms with E-state index in [1.54, 1.807) is 4.90 Å². The molecule has 0 aromatic carbocycles. The molecule has 2 saturated heterocycles. The Morgan fingerprint density at radius 1 is 1.32 bits per heavy atom. The zero-order valence-corrected chi connectivity index (χ0v) is 20.5. The van der Waals surface area contributed by atoms with Crippen LogP contribution < -0.4 is 15.5 Å². The predicted molar refractivity (Wildman–Crippen MR) is 140 cm³/mol. The van der Waals surface area contributed by atoms with Gasteiger partial charge in [-0.25, -0.2) is 9.97 Å². The Hall–Kier alpha value is -3.26. The summed E-state index contributed by atoms with van der Waals surface area (Å²) in [6.45, 7) is 10.6. The second kappa shape index (κ2) is 9.93. The van der Waals surface area contributed by atoms with Crippen LogP contribution in [0.25, 0.3) is 6.08 Å². The van der Waals surface area contributed by atoms with E-state index in [1.807, 2.05) is 38.2 Å². The maximum Gasteiger partial charge on any atom is 0.152 e. The summed E-state index contributed by atoms with van der Waals surface area (Å²) in [7, 11) is 1.99. The van der Waals surface area contributed by atoms with Crippen LogP contribution in [0.1, 0.15) is 68.1 Å². The molecule has 2 aliphatic rings. The van der Waals surface area contributed by atoms with Gasteiger partial charge in [-0.2, -0.15) is 0 Å². The molecule has 2 fully saturated rings. The van der Waals surface area contributed by atoms with Gasteiger partial charge in [-0.05, 0) is 56.9 Å². The Morgan fingerprint density at radius 3 is 2.74 bits per heavy atom. The van der Waals surface area contributed by atoms with Crippen molar-refractivity contribution in [1.82, 2.24) is 14.9 Å². The zero-order valence-electron chi connectivity index (χ0n) is 20.5. The summed E-state index contributed by atoms with van der Waals surface area (Å²) in [5.74, 6) is 2.50. The molecule has 0 spiro atoms. The summed E-state index contributed by atoms with van der Waals surface area (Å²) in [6.07, 6.45) is 5.87. The van der Waals surface area contributed by atoms with Crippen LogP contribution in [0.15, 0.2) is 30.8 Å². The summed E-state index contributed by atoms with van der Waals surface area (Å²) in [6, 6.07) is 8.08. The van der Waals surface area contributed by atoms with Gasteiger partial charge in [-0.3, -0.25) is 10.8 Å². The smallest absolute Gasteiger partial charge is 0.152 e. The Kier molecular flexibility index (Phi) is 6.97. The third-order valence-electron chi connectivity index (χ3n) is 6.83. The van der Waals surface area contributed by atoms with Crippen molar-refractivity contribution in [3.63, 3.8) is 0 Å². The minimum absolute atomic E-state index is 0.214. The van der Waals surface area contributed by atoms with E-state index in [4.69, 9.17) is 26.5 Å². The SMILES string of the molecule is C=Cc1cc(N2CCCC2C)nc(C(C)N)c1CN(C)c1cccc(C(=N)N2CCCC2=N)n1. The molecular formula is C26H36N8. The molecule has 34 heavy (non-hydrogen) atoms. The van der Waals surface area contributed by atoms with Gasteiger partial charge in [0.05, 0.1) is 5.69 Å². The van der Waals surface area contributed by atoms with Gasteiger partial charge in [0.2, 0.25) is 0 Å². The monoisotopic (exact) mass is 460 g/mol. The lowest BCUT2D eigenvalue weighted by molar-refractivity contribution is 0.646. The van der Waals surface area contributed by atoms with Crippen LogP contribution in [0.4, 0.5) is 11.6 Å². The molecule has 2 unspecified atom stereocenters. The Morgan fingerprint density at radius 2 is 2.12 bits per heavy atom. The highest BCUT2D eigenvalue weighted by molar-refractivity contribution is 6.06. The van der Waals surface area contributed by atoms with Crippen LogP contribution in [0.2, 0.25) is 0 Å². The van der Waals surface area contributed by atoms with Crippen molar-refractivity contribution in [2.24, 2.45) is 5.73 Å². The first kappa shape index (κ1) is 23.9. The Bertz CT molecular complexity index is 1090. The molecule has 4 heterocycles. The zero-order chi connectivity index (χ0) is 24.4. The second-order valence-electron chi connectivity index (χ2n) is 9.40. The van der Waals surface area contributed by atoms with Crippen LogP contribution in [0, 0.1) is 10.8 Å². The molecule has 2 aromatic rings. The molecule has 2 aromatic heterocycles. The van der Waals surface area contributed by atoms with Crippen LogP contribution in [-0.2, 0) is 6.54 Å². The standard InChI is InChI=1S/C26H36N8/c1-5-19-15-24(33-13-7-9-17(33)2)31-25(18(3)27)20(19)16-32(4)23-12-6-10-21(30-23)26(29)34-14-8-11-22(34)28/h5-6,10,12,15,17-18,28-29H,1,7-9,11,13-14,16,27H2,2-4H3. The summed E-state index contributed by atoms with van der Waals surface area (Å²) in [4.78, 5) is 15.9. The van der Waals surface area contributed by atoms with Crippen LogP contribution in [-0.4, -0.2) is 52.7 Å². The highest BCUT2D eigenvalue weighted by Crippen LogP contribution is 2.30. The average Bonchev–Trinajstić information content (AvgIpc) is 3.46. The normalized spacial score (nSPS) is 18.9. The van der Waals surface area contributed by atoms with Gasteiger partial charge in [-0.1, -0.05) is 18.7 Å². The van der Waals surface area contributed by atoms with Gasteiger partial charge in [-0.15, -0.1) is 0 Å². The largest absolute Gasteiger partial charge is 0.355 e. The van der Waals surface area contributed by atoms with Crippen molar-refractivity contribution in [2.75, 3.05) is 29.9 Å². The highest BCUT2D eigenvalue weighted by Gasteiger charge is 2.26. The van der Waals surface area contributed by atoms with Crippen molar-refractivity contribution in [2.45, 2.75) is 58.2 Å². The lowest BCUT2D eigenvalue weighted by Crippen LogP contribution is -2.32. The van der Waals surface area contributed by atoms with E-state index >= 15 is 0 Å². The van der Waals surface area contributed by atoms with Crippen molar-refractivity contribution in [1.29, 1.82) is 10.8 Å². The Labute approximate surface area is 202 Å². The van der Waals surface area contributed by atoms with E-state index in [1.165, 1.54) is 12.8 Å². The fraction of sp³-hybridized carbons (Fsp3) is 0.462. The molecule has 2 atom stereocenters. The third kappa shape index (κ3) is 4.68. The molecule has 4 rings (SSSR count). The number of anilines is 2. The molecule has 0 radical (unpaired) electrons. The van der Waals surface area contributed by atoms with Gasteiger partial charge < -0.3 is 20.4 Å². The van der Waals surface area contributed by atoms with Gasteiger partial charge >= 0.3 is 0 Å². The number of likely N-dealkylation sites (tertiary alicyclic amines) is 1. The van der Waals surface area contributed by atoms with Crippen LogP contribution in [0.5, 0.6) is 0 Å². The number of hydrogen-bond acceptors (Lipinski definition) is 7. The average molecular weight is 461 g/mol. The van der Waals surface area contributed by atoms with E-state index in [0.717, 1.165) is 41.4 Å². The van der Waals surface area contributed by atoms with Gasteiger partial charge in [0.15, 0.2) is 5.84 Å². The summed E-state index contributed by atoms with van der Waals surface area (Å²) in [5, 5.41) is 16.6. The molecule has 4 N–H and O–H groups in total. The third-order valence-corrected chi connectivity index (χ3v) is 6.83. The number of pyridine rings is 2. The lowest BCUT2D eigenvalue weighted by Gasteiger charge is -2.27. The predicted octanol–water partition coefficient (Wildman–Crippen LogP) is 4.16. The van der Waals surface area contributed by atoms with E-state index in [2.05, 4.69) is 29.4 Å². The number of aromatic nitrogens is 2. The summed E-state index contributed by atoms with van der Waals surface area (Å²) >= 11 is 0. The minimum atomic E-state index is -0.214. The van der Waals surface area contributed by atoms with E-state index in [0.29, 0.717) is 37.1 Å². The molecule has 8 heteroatoms. The molecule has 0 bridgehead atoms. The Balaban J connectivity index is 1.62. The molecular weight excluding hydrogens is 424 g/mol. The van der Waals surface area contributed by atoms with Crippen molar-refractivity contribution in [3.05, 3.63) is 53.4 Å². The van der Waals surface area contributed by atoms with Gasteiger partial charge in [0, 0.05) is 50.7 Å². The number of hydrogen-bond donors (Lipinski definition) is 3. The quantitative estimate of drug-likeness (QED) is 0.423. The van der Waals surface area contributed by atoms with E-state index < -0.39 is 0 Å². The first-order chi connectivity index (χ1) is 16.3. The fourth-order valence-corrected chi connectivity index (χ4v) is 4.89. The first-order valence-corrected chi connectivity index (χ1v) is 12.1. The van der Waals surface area contributed by atoms with Gasteiger partial charge in [0.25, 0.3) is 0 Å². The highest BCUT2D eigenvalue weighted by atomic mass is 15.2. The summed E-state index contributed by atoms with van der Waals surface area (Å²) in [5.41, 5.74) is 9.94. The maximum absolute atomic E-state index is 8.55. The molecule has 2 aliphatic heterocycles. The van der Waals surface area contributed by atoms with Crippen molar-refractivity contribution >= 4 is 29.4 Å². The van der Waals surface area contributed by atoms with E-state index in [9.17, 15) is 0 Å². The van der Waals surface area contributed by atoms with E-state index in [-0.39, 0.29) is 11.9 Å². The van der Waals surface area contributed by atoms with Crippen LogP contribution in [0.3, 0.4) is 0 Å². The molecule has 8 nitrogen and oxygen atoms in total. The first-order valence-electron chi connectivity index (χ1n) is 12.1. The molecule has 180 valence electrons. The maximum atomic E-state index is 8.55. The molecule has 0 amide bonds. The van der Waals surface area contributed by atoms with Gasteiger partial charge in [0.1, 0.15) is 23.2 Å². The minimum Gasteiger partial charge on any atom is -0.355 e. The second-order valence-corrected chi connectivity index (χ2v) is 9.40. The number of amidine groups is 2. The topological polar surface area (TPSA) is 109 Å².